The first-order valence-electron chi connectivity index (χ1n) is 13.9. The molecule has 224 valence electrons. The van der Waals surface area contributed by atoms with Crippen molar-refractivity contribution in [3.05, 3.63) is 124 Å². The standard InChI is InChI=1S/C35H31Cl2N3O4/c1-35(2,3)44-34(42)40-19-5-6-31(40)25-12-7-23(8-13-25)11-18-32-38-30(28-17-16-27(36)20-29(28)37)22-39(32)21-24-9-14-26(15-10-24)33(41)43-4/h5-20,22H,21H2,1-4H3. The number of ether oxygens (including phenoxy) is 2. The van der Waals surface area contributed by atoms with E-state index in [0.29, 0.717) is 33.7 Å². The lowest BCUT2D eigenvalue weighted by Crippen LogP contribution is -2.27. The van der Waals surface area contributed by atoms with E-state index in [1.165, 1.54) is 11.7 Å². The minimum absolute atomic E-state index is 0.383. The number of nitrogens with zero attached hydrogens (tertiary/aromatic N) is 3. The molecule has 0 fully saturated rings. The van der Waals surface area contributed by atoms with Gasteiger partial charge in [0.25, 0.3) is 0 Å². The smallest absolute Gasteiger partial charge is 0.418 e. The number of imidazole rings is 1. The fraction of sp³-hybridized carbons (Fsp3) is 0.171. The van der Waals surface area contributed by atoms with Gasteiger partial charge in [-0.05, 0) is 86.0 Å². The summed E-state index contributed by atoms with van der Waals surface area (Å²) in [4.78, 5) is 29.4. The second kappa shape index (κ2) is 13.0. The molecule has 2 aromatic heterocycles. The van der Waals surface area contributed by atoms with Gasteiger partial charge < -0.3 is 14.0 Å². The molecular formula is C35H31Cl2N3O4. The van der Waals surface area contributed by atoms with Crippen molar-refractivity contribution in [3.63, 3.8) is 0 Å². The van der Waals surface area contributed by atoms with Crippen LogP contribution in [0.4, 0.5) is 4.79 Å². The van der Waals surface area contributed by atoms with Gasteiger partial charge in [0.2, 0.25) is 0 Å². The van der Waals surface area contributed by atoms with Gasteiger partial charge in [0.1, 0.15) is 11.4 Å². The van der Waals surface area contributed by atoms with Gasteiger partial charge in [-0.1, -0.05) is 65.7 Å². The number of aromatic nitrogens is 3. The summed E-state index contributed by atoms with van der Waals surface area (Å²) in [5.41, 5.74) is 4.92. The minimum atomic E-state index is -0.593. The first kappa shape index (κ1) is 30.9. The molecule has 2 heterocycles. The second-order valence-electron chi connectivity index (χ2n) is 11.1. The summed E-state index contributed by atoms with van der Waals surface area (Å²) in [6.07, 6.45) is 7.13. The van der Waals surface area contributed by atoms with Crippen LogP contribution in [-0.4, -0.2) is 38.9 Å². The zero-order valence-electron chi connectivity index (χ0n) is 24.8. The molecule has 7 nitrogen and oxygen atoms in total. The third kappa shape index (κ3) is 7.30. The number of hydrogen-bond acceptors (Lipinski definition) is 5. The SMILES string of the molecule is COC(=O)c1ccc(Cn2cc(-c3ccc(Cl)cc3Cl)nc2C=Cc2ccc(-c3cccn3C(=O)OC(C)(C)C)cc2)cc1. The molecule has 0 spiro atoms. The Kier molecular flexibility index (Phi) is 9.09. The summed E-state index contributed by atoms with van der Waals surface area (Å²) < 4.78 is 13.9. The molecule has 3 aromatic carbocycles. The molecule has 0 saturated heterocycles. The topological polar surface area (TPSA) is 75.4 Å². The first-order valence-corrected chi connectivity index (χ1v) is 14.7. The van der Waals surface area contributed by atoms with Gasteiger partial charge in [-0.3, -0.25) is 4.57 Å². The summed E-state index contributed by atoms with van der Waals surface area (Å²) in [5.74, 6) is 0.331. The number of hydrogen-bond donors (Lipinski definition) is 0. The molecule has 5 rings (SSSR count). The van der Waals surface area contributed by atoms with Crippen LogP contribution in [0.1, 0.15) is 48.1 Å². The number of rotatable bonds is 7. The van der Waals surface area contributed by atoms with E-state index < -0.39 is 11.7 Å². The van der Waals surface area contributed by atoms with Crippen molar-refractivity contribution in [1.82, 2.24) is 14.1 Å². The quantitative estimate of drug-likeness (QED) is 0.168. The predicted molar refractivity (Wildman–Crippen MR) is 175 cm³/mol. The summed E-state index contributed by atoms with van der Waals surface area (Å²) in [5, 5.41) is 1.05. The Labute approximate surface area is 266 Å². The Hall–Kier alpha value is -4.59. The highest BCUT2D eigenvalue weighted by Gasteiger charge is 2.20. The fourth-order valence-corrected chi connectivity index (χ4v) is 5.11. The Morgan fingerprint density at radius 1 is 0.932 bits per heavy atom. The van der Waals surface area contributed by atoms with E-state index in [-0.39, 0.29) is 5.97 Å². The van der Waals surface area contributed by atoms with Crippen molar-refractivity contribution in [1.29, 1.82) is 0 Å². The van der Waals surface area contributed by atoms with Crippen LogP contribution >= 0.6 is 23.2 Å². The lowest BCUT2D eigenvalue weighted by molar-refractivity contribution is 0.0538. The monoisotopic (exact) mass is 627 g/mol. The van der Waals surface area contributed by atoms with E-state index in [0.717, 1.165) is 27.9 Å². The van der Waals surface area contributed by atoms with Crippen molar-refractivity contribution in [2.45, 2.75) is 32.9 Å². The predicted octanol–water partition coefficient (Wildman–Crippen LogP) is 9.11. The second-order valence-corrected chi connectivity index (χ2v) is 12.0. The molecule has 5 aromatic rings. The van der Waals surface area contributed by atoms with Crippen LogP contribution in [0.15, 0.2) is 91.3 Å². The molecule has 0 aliphatic carbocycles. The van der Waals surface area contributed by atoms with Crippen LogP contribution in [-0.2, 0) is 16.0 Å². The number of esters is 1. The van der Waals surface area contributed by atoms with Gasteiger partial charge in [0.05, 0.1) is 29.1 Å². The molecule has 9 heteroatoms. The average molecular weight is 629 g/mol. The Bertz CT molecular complexity index is 1830. The van der Waals surface area contributed by atoms with Gasteiger partial charge in [0, 0.05) is 29.5 Å². The summed E-state index contributed by atoms with van der Waals surface area (Å²) in [6.45, 7) is 6.04. The van der Waals surface area contributed by atoms with Crippen LogP contribution in [0.2, 0.25) is 10.0 Å². The zero-order valence-corrected chi connectivity index (χ0v) is 26.3. The van der Waals surface area contributed by atoms with Crippen LogP contribution in [0.5, 0.6) is 0 Å². The molecule has 0 atom stereocenters. The van der Waals surface area contributed by atoms with E-state index >= 15 is 0 Å². The molecule has 0 bridgehead atoms. The Morgan fingerprint density at radius 3 is 2.32 bits per heavy atom. The summed E-state index contributed by atoms with van der Waals surface area (Å²) in [6, 6.07) is 24.2. The normalized spacial score (nSPS) is 11.6. The lowest BCUT2D eigenvalue weighted by atomic mass is 10.1. The Balaban J connectivity index is 1.42. The average Bonchev–Trinajstić information content (AvgIpc) is 3.63. The molecule has 0 unspecified atom stereocenters. The molecule has 0 N–H and O–H groups in total. The van der Waals surface area contributed by atoms with Crippen molar-refractivity contribution in [2.75, 3.05) is 7.11 Å². The molecule has 0 saturated carbocycles. The summed E-state index contributed by atoms with van der Waals surface area (Å²) >= 11 is 12.6. The van der Waals surface area contributed by atoms with Crippen molar-refractivity contribution in [3.8, 4) is 22.5 Å². The number of carbonyl (C=O) groups is 2. The van der Waals surface area contributed by atoms with E-state index in [4.69, 9.17) is 37.7 Å². The first-order chi connectivity index (χ1) is 21.0. The highest BCUT2D eigenvalue weighted by Crippen LogP contribution is 2.31. The van der Waals surface area contributed by atoms with Gasteiger partial charge in [-0.15, -0.1) is 0 Å². The van der Waals surface area contributed by atoms with E-state index in [1.807, 2.05) is 98.3 Å². The zero-order chi connectivity index (χ0) is 31.4. The van der Waals surface area contributed by atoms with Gasteiger partial charge >= 0.3 is 12.1 Å². The number of methoxy groups -OCH3 is 1. The van der Waals surface area contributed by atoms with Gasteiger partial charge in [-0.2, -0.15) is 0 Å². The Morgan fingerprint density at radius 2 is 1.66 bits per heavy atom. The van der Waals surface area contributed by atoms with Crippen LogP contribution in [0.3, 0.4) is 0 Å². The largest absolute Gasteiger partial charge is 0.465 e. The van der Waals surface area contributed by atoms with E-state index in [2.05, 4.69) is 0 Å². The maximum atomic E-state index is 12.7. The van der Waals surface area contributed by atoms with Crippen LogP contribution in [0.25, 0.3) is 34.7 Å². The van der Waals surface area contributed by atoms with E-state index in [9.17, 15) is 9.59 Å². The van der Waals surface area contributed by atoms with Crippen LogP contribution in [0, 0.1) is 0 Å². The molecule has 0 aliphatic rings. The molecular weight excluding hydrogens is 597 g/mol. The fourth-order valence-electron chi connectivity index (χ4n) is 4.60. The number of carbonyl (C=O) groups excluding carboxylic acids is 2. The van der Waals surface area contributed by atoms with Crippen LogP contribution < -0.4 is 0 Å². The highest BCUT2D eigenvalue weighted by atomic mass is 35.5. The number of benzene rings is 3. The molecule has 0 amide bonds. The highest BCUT2D eigenvalue weighted by molar-refractivity contribution is 6.36. The lowest BCUT2D eigenvalue weighted by Gasteiger charge is -2.20. The van der Waals surface area contributed by atoms with Crippen molar-refractivity contribution >= 4 is 47.4 Å². The number of halogens is 2. The third-order valence-corrected chi connectivity index (χ3v) is 7.26. The minimum Gasteiger partial charge on any atom is -0.465 e. The maximum Gasteiger partial charge on any atom is 0.418 e. The van der Waals surface area contributed by atoms with Gasteiger partial charge in [0.15, 0.2) is 0 Å². The molecule has 0 aliphatic heterocycles. The van der Waals surface area contributed by atoms with Gasteiger partial charge in [-0.25, -0.2) is 14.6 Å². The van der Waals surface area contributed by atoms with Crippen molar-refractivity contribution < 1.29 is 19.1 Å². The van der Waals surface area contributed by atoms with Crippen molar-refractivity contribution in [2.24, 2.45) is 0 Å². The summed E-state index contributed by atoms with van der Waals surface area (Å²) in [7, 11) is 1.36. The maximum absolute atomic E-state index is 12.7. The molecule has 0 radical (unpaired) electrons. The van der Waals surface area contributed by atoms with E-state index in [1.54, 1.807) is 30.5 Å². The third-order valence-electron chi connectivity index (χ3n) is 6.71. The molecule has 44 heavy (non-hydrogen) atoms.